The van der Waals surface area contributed by atoms with E-state index in [1.54, 1.807) is 12.4 Å². The fourth-order valence-corrected chi connectivity index (χ4v) is 2.95. The molecule has 20 heavy (non-hydrogen) atoms. The van der Waals surface area contributed by atoms with Crippen molar-refractivity contribution in [3.8, 4) is 0 Å². The molecule has 2 aromatic carbocycles. The van der Waals surface area contributed by atoms with Gasteiger partial charge in [-0.2, -0.15) is 0 Å². The minimum absolute atomic E-state index is 0.110. The van der Waals surface area contributed by atoms with E-state index in [2.05, 4.69) is 29.2 Å². The normalized spacial score (nSPS) is 12.5. The molecule has 0 fully saturated rings. The number of fused-ring (bicyclic) bond motifs is 1. The van der Waals surface area contributed by atoms with Gasteiger partial charge >= 0.3 is 0 Å². The molecule has 0 aliphatic heterocycles. The number of pyridine rings is 1. The van der Waals surface area contributed by atoms with Crippen LogP contribution in [0.15, 0.2) is 60.9 Å². The summed E-state index contributed by atoms with van der Waals surface area (Å²) in [7, 11) is 0. The van der Waals surface area contributed by atoms with Gasteiger partial charge in [-0.1, -0.05) is 54.1 Å². The van der Waals surface area contributed by atoms with Crippen LogP contribution in [0.1, 0.15) is 16.5 Å². The molecule has 0 radical (unpaired) electrons. The number of nitrogens with zero attached hydrogens (tertiary/aromatic N) is 1. The van der Waals surface area contributed by atoms with E-state index in [1.165, 1.54) is 10.8 Å². The molecule has 100 valence electrons. The SMILES string of the molecule is Clc1cnccc1CC(Cl)c1cccc2ccccc12. The van der Waals surface area contributed by atoms with Crippen molar-refractivity contribution in [2.75, 3.05) is 0 Å². The number of hydrogen-bond acceptors (Lipinski definition) is 1. The van der Waals surface area contributed by atoms with Crippen molar-refractivity contribution in [2.24, 2.45) is 0 Å². The molecule has 0 amide bonds. The molecule has 0 saturated carbocycles. The average molecular weight is 302 g/mol. The van der Waals surface area contributed by atoms with E-state index in [0.717, 1.165) is 11.1 Å². The predicted octanol–water partition coefficient (Wildman–Crippen LogP) is 5.41. The molecule has 3 heteroatoms. The fourth-order valence-electron chi connectivity index (χ4n) is 2.40. The lowest BCUT2D eigenvalue weighted by Crippen LogP contribution is -1.98. The lowest BCUT2D eigenvalue weighted by molar-refractivity contribution is 0.925. The minimum atomic E-state index is -0.110. The van der Waals surface area contributed by atoms with Crippen molar-refractivity contribution in [1.82, 2.24) is 4.98 Å². The van der Waals surface area contributed by atoms with Crippen molar-refractivity contribution < 1.29 is 0 Å². The summed E-state index contributed by atoms with van der Waals surface area (Å²) in [6.07, 6.45) is 4.09. The summed E-state index contributed by atoms with van der Waals surface area (Å²) in [5.41, 5.74) is 2.16. The maximum Gasteiger partial charge on any atom is 0.0632 e. The Kier molecular flexibility index (Phi) is 3.90. The summed E-state index contributed by atoms with van der Waals surface area (Å²) < 4.78 is 0. The van der Waals surface area contributed by atoms with Crippen LogP contribution in [0.2, 0.25) is 5.02 Å². The Bertz CT molecular complexity index is 734. The molecular weight excluding hydrogens is 289 g/mol. The molecule has 0 aliphatic rings. The highest BCUT2D eigenvalue weighted by atomic mass is 35.5. The van der Waals surface area contributed by atoms with Gasteiger partial charge in [-0.15, -0.1) is 11.6 Å². The highest BCUT2D eigenvalue weighted by molar-refractivity contribution is 6.31. The van der Waals surface area contributed by atoms with Crippen molar-refractivity contribution >= 4 is 34.0 Å². The number of aromatic nitrogens is 1. The highest BCUT2D eigenvalue weighted by Gasteiger charge is 2.13. The van der Waals surface area contributed by atoms with Gasteiger partial charge < -0.3 is 0 Å². The van der Waals surface area contributed by atoms with Crippen molar-refractivity contribution in [3.05, 3.63) is 77.1 Å². The topological polar surface area (TPSA) is 12.9 Å². The number of halogens is 2. The summed E-state index contributed by atoms with van der Waals surface area (Å²) in [4.78, 5) is 4.00. The summed E-state index contributed by atoms with van der Waals surface area (Å²) in [5.74, 6) is 0. The highest BCUT2D eigenvalue weighted by Crippen LogP contribution is 2.32. The first kappa shape index (κ1) is 13.4. The number of hydrogen-bond donors (Lipinski definition) is 0. The molecule has 0 saturated heterocycles. The Hall–Kier alpha value is -1.57. The van der Waals surface area contributed by atoms with Crippen molar-refractivity contribution in [2.45, 2.75) is 11.8 Å². The third-order valence-electron chi connectivity index (χ3n) is 3.42. The van der Waals surface area contributed by atoms with E-state index in [0.29, 0.717) is 11.4 Å². The van der Waals surface area contributed by atoms with Crippen LogP contribution in [0.5, 0.6) is 0 Å². The van der Waals surface area contributed by atoms with Gasteiger partial charge in [-0.3, -0.25) is 4.98 Å². The van der Waals surface area contributed by atoms with Gasteiger partial charge in [0.25, 0.3) is 0 Å². The first-order valence-corrected chi connectivity index (χ1v) is 7.27. The lowest BCUT2D eigenvalue weighted by Gasteiger charge is -2.13. The van der Waals surface area contributed by atoms with Crippen LogP contribution in [-0.4, -0.2) is 4.98 Å². The predicted molar refractivity (Wildman–Crippen MR) is 85.5 cm³/mol. The molecule has 1 aromatic heterocycles. The van der Waals surface area contributed by atoms with E-state index in [4.69, 9.17) is 23.2 Å². The van der Waals surface area contributed by atoms with Gasteiger partial charge in [-0.25, -0.2) is 0 Å². The average Bonchev–Trinajstić information content (AvgIpc) is 2.49. The molecule has 3 aromatic rings. The molecule has 1 atom stereocenters. The molecule has 1 unspecified atom stereocenters. The van der Waals surface area contributed by atoms with E-state index in [9.17, 15) is 0 Å². The van der Waals surface area contributed by atoms with E-state index in [-0.39, 0.29) is 5.38 Å². The molecule has 1 nitrogen and oxygen atoms in total. The molecular formula is C17H13Cl2N. The molecule has 0 N–H and O–H groups in total. The maximum atomic E-state index is 6.61. The summed E-state index contributed by atoms with van der Waals surface area (Å²) in [5, 5.41) is 2.95. The lowest BCUT2D eigenvalue weighted by atomic mass is 9.98. The van der Waals surface area contributed by atoms with Crippen LogP contribution in [0, 0.1) is 0 Å². The minimum Gasteiger partial charge on any atom is -0.263 e. The van der Waals surface area contributed by atoms with Crippen molar-refractivity contribution in [1.29, 1.82) is 0 Å². The Morgan fingerprint density at radius 1 is 1.00 bits per heavy atom. The summed E-state index contributed by atoms with van der Waals surface area (Å²) in [6.45, 7) is 0. The summed E-state index contributed by atoms with van der Waals surface area (Å²) >= 11 is 12.8. The second-order valence-electron chi connectivity index (χ2n) is 4.71. The van der Waals surface area contributed by atoms with Gasteiger partial charge in [0.1, 0.15) is 0 Å². The first-order valence-electron chi connectivity index (χ1n) is 6.46. The van der Waals surface area contributed by atoms with Crippen molar-refractivity contribution in [3.63, 3.8) is 0 Å². The van der Waals surface area contributed by atoms with Gasteiger partial charge in [0.05, 0.1) is 10.4 Å². The van der Waals surface area contributed by atoms with E-state index < -0.39 is 0 Å². The maximum absolute atomic E-state index is 6.61. The second-order valence-corrected chi connectivity index (χ2v) is 5.64. The molecule has 1 heterocycles. The zero-order valence-electron chi connectivity index (χ0n) is 10.8. The van der Waals surface area contributed by atoms with Gasteiger partial charge in [-0.05, 0) is 34.4 Å². The monoisotopic (exact) mass is 301 g/mol. The molecule has 0 bridgehead atoms. The molecule has 3 rings (SSSR count). The van der Waals surface area contributed by atoms with Crippen LogP contribution in [-0.2, 0) is 6.42 Å². The van der Waals surface area contributed by atoms with E-state index in [1.807, 2.05) is 24.3 Å². The Balaban J connectivity index is 1.97. The molecule has 0 aliphatic carbocycles. The standard InChI is InChI=1S/C17H13Cl2N/c18-16(10-13-8-9-20-11-17(13)19)15-7-3-5-12-4-1-2-6-14(12)15/h1-9,11,16H,10H2. The first-order chi connectivity index (χ1) is 9.75. The number of benzene rings is 2. The zero-order valence-corrected chi connectivity index (χ0v) is 12.3. The van der Waals surface area contributed by atoms with Crippen LogP contribution >= 0.6 is 23.2 Å². The van der Waals surface area contributed by atoms with Crippen LogP contribution in [0.25, 0.3) is 10.8 Å². The second kappa shape index (κ2) is 5.82. The van der Waals surface area contributed by atoms with Crippen LogP contribution in [0.3, 0.4) is 0 Å². The largest absolute Gasteiger partial charge is 0.263 e. The van der Waals surface area contributed by atoms with Crippen LogP contribution < -0.4 is 0 Å². The van der Waals surface area contributed by atoms with Crippen LogP contribution in [0.4, 0.5) is 0 Å². The van der Waals surface area contributed by atoms with Gasteiger partial charge in [0.15, 0.2) is 0 Å². The third-order valence-corrected chi connectivity index (χ3v) is 4.15. The Labute approximate surface area is 128 Å². The number of alkyl halides is 1. The van der Waals surface area contributed by atoms with Gasteiger partial charge in [0, 0.05) is 12.4 Å². The Morgan fingerprint density at radius 2 is 1.80 bits per heavy atom. The Morgan fingerprint density at radius 3 is 2.65 bits per heavy atom. The molecule has 0 spiro atoms. The van der Waals surface area contributed by atoms with Gasteiger partial charge in [0.2, 0.25) is 0 Å². The fraction of sp³-hybridized carbons (Fsp3) is 0.118. The third kappa shape index (κ3) is 2.65. The van der Waals surface area contributed by atoms with E-state index >= 15 is 0 Å². The number of rotatable bonds is 3. The smallest absolute Gasteiger partial charge is 0.0632 e. The summed E-state index contributed by atoms with van der Waals surface area (Å²) in [6, 6.07) is 16.4. The quantitative estimate of drug-likeness (QED) is 0.589. The zero-order chi connectivity index (χ0) is 13.9.